The normalized spacial score (nSPS) is 9.72. The molecular weight excluding hydrogens is 240 g/mol. The van der Waals surface area contributed by atoms with E-state index < -0.39 is 12.6 Å². The van der Waals surface area contributed by atoms with Gasteiger partial charge in [0.1, 0.15) is 5.75 Å². The zero-order valence-corrected chi connectivity index (χ0v) is 10.4. The maximum Gasteiger partial charge on any atom is 0.341 e. The summed E-state index contributed by atoms with van der Waals surface area (Å²) >= 11 is 0. The molecule has 98 valence electrons. The van der Waals surface area contributed by atoms with Crippen molar-refractivity contribution in [3.63, 3.8) is 0 Å². The standard InChI is InChI=1S/C12H14O6/c1-7(13)8-4-10(16-2)11(17-3)5-9(8)18-6-12(14)15/h4-5H,6H2,1-3H3,(H,14,15). The van der Waals surface area contributed by atoms with Crippen molar-refractivity contribution in [3.8, 4) is 17.2 Å². The largest absolute Gasteiger partial charge is 0.493 e. The summed E-state index contributed by atoms with van der Waals surface area (Å²) in [5.41, 5.74) is 0.244. The molecule has 18 heavy (non-hydrogen) atoms. The molecule has 0 amide bonds. The topological polar surface area (TPSA) is 82.1 Å². The van der Waals surface area contributed by atoms with Crippen LogP contribution in [0.1, 0.15) is 17.3 Å². The Kier molecular flexibility index (Phi) is 4.53. The molecule has 1 aromatic rings. The number of benzene rings is 1. The molecule has 0 fully saturated rings. The van der Waals surface area contributed by atoms with E-state index in [9.17, 15) is 9.59 Å². The molecule has 0 radical (unpaired) electrons. The molecule has 0 saturated carbocycles. The van der Waals surface area contributed by atoms with Crippen LogP contribution in [0.4, 0.5) is 0 Å². The second-order valence-corrected chi connectivity index (χ2v) is 3.44. The van der Waals surface area contributed by atoms with E-state index in [0.717, 1.165) is 0 Å². The van der Waals surface area contributed by atoms with Gasteiger partial charge in [-0.15, -0.1) is 0 Å². The van der Waals surface area contributed by atoms with Crippen LogP contribution in [0.2, 0.25) is 0 Å². The van der Waals surface area contributed by atoms with Gasteiger partial charge in [-0.05, 0) is 13.0 Å². The fourth-order valence-corrected chi connectivity index (χ4v) is 1.39. The smallest absolute Gasteiger partial charge is 0.341 e. The number of methoxy groups -OCH3 is 2. The van der Waals surface area contributed by atoms with Crippen LogP contribution in [0.25, 0.3) is 0 Å². The summed E-state index contributed by atoms with van der Waals surface area (Å²) in [6.45, 7) is 0.824. The van der Waals surface area contributed by atoms with E-state index in [-0.39, 0.29) is 17.1 Å². The van der Waals surface area contributed by atoms with Crippen molar-refractivity contribution in [2.45, 2.75) is 6.92 Å². The quantitative estimate of drug-likeness (QED) is 0.772. The second-order valence-electron chi connectivity index (χ2n) is 3.44. The summed E-state index contributed by atoms with van der Waals surface area (Å²) in [4.78, 5) is 21.9. The van der Waals surface area contributed by atoms with Gasteiger partial charge in [-0.25, -0.2) is 4.79 Å². The number of carbonyl (C=O) groups is 2. The zero-order valence-electron chi connectivity index (χ0n) is 10.4. The molecule has 0 spiro atoms. The van der Waals surface area contributed by atoms with Crippen LogP contribution < -0.4 is 14.2 Å². The molecule has 1 N–H and O–H groups in total. The predicted octanol–water partition coefficient (Wildman–Crippen LogP) is 1.37. The SMILES string of the molecule is COc1cc(OCC(=O)O)c(C(C)=O)cc1OC. The van der Waals surface area contributed by atoms with E-state index in [1.807, 2.05) is 0 Å². The highest BCUT2D eigenvalue weighted by Gasteiger charge is 2.16. The Hall–Kier alpha value is -2.24. The molecule has 6 heteroatoms. The van der Waals surface area contributed by atoms with Gasteiger partial charge in [-0.1, -0.05) is 0 Å². The molecule has 0 aliphatic rings. The first-order valence-electron chi connectivity index (χ1n) is 5.11. The summed E-state index contributed by atoms with van der Waals surface area (Å²) in [7, 11) is 2.88. The third kappa shape index (κ3) is 3.13. The number of carboxylic acid groups (broad SMARTS) is 1. The van der Waals surface area contributed by atoms with E-state index in [4.69, 9.17) is 19.3 Å². The van der Waals surface area contributed by atoms with E-state index in [2.05, 4.69) is 0 Å². The predicted molar refractivity (Wildman–Crippen MR) is 62.7 cm³/mol. The van der Waals surface area contributed by atoms with Gasteiger partial charge in [-0.2, -0.15) is 0 Å². The number of ketones is 1. The molecular formula is C12H14O6. The number of carbonyl (C=O) groups excluding carboxylic acids is 1. The van der Waals surface area contributed by atoms with Crippen LogP contribution in [0.15, 0.2) is 12.1 Å². The first kappa shape index (κ1) is 13.8. The van der Waals surface area contributed by atoms with E-state index in [1.54, 1.807) is 0 Å². The lowest BCUT2D eigenvalue weighted by Crippen LogP contribution is -2.11. The number of ether oxygens (including phenoxy) is 3. The first-order valence-corrected chi connectivity index (χ1v) is 5.11. The lowest BCUT2D eigenvalue weighted by atomic mass is 10.1. The summed E-state index contributed by atoms with van der Waals surface area (Å²) in [6.07, 6.45) is 0. The van der Waals surface area contributed by atoms with E-state index in [1.165, 1.54) is 33.3 Å². The highest BCUT2D eigenvalue weighted by atomic mass is 16.5. The van der Waals surface area contributed by atoms with Crippen LogP contribution in [-0.2, 0) is 4.79 Å². The fourth-order valence-electron chi connectivity index (χ4n) is 1.39. The number of carboxylic acids is 1. The Morgan fingerprint density at radius 1 is 1.11 bits per heavy atom. The molecule has 1 rings (SSSR count). The van der Waals surface area contributed by atoms with Crippen LogP contribution in [0, 0.1) is 0 Å². The zero-order chi connectivity index (χ0) is 13.7. The summed E-state index contributed by atoms with van der Waals surface area (Å²) in [5, 5.41) is 8.57. The third-order valence-corrected chi connectivity index (χ3v) is 2.22. The van der Waals surface area contributed by atoms with Gasteiger partial charge in [0.25, 0.3) is 0 Å². The Morgan fingerprint density at radius 3 is 2.11 bits per heavy atom. The fraction of sp³-hybridized carbons (Fsp3) is 0.333. The van der Waals surface area contributed by atoms with Crippen molar-refractivity contribution in [3.05, 3.63) is 17.7 Å². The minimum atomic E-state index is -1.13. The molecule has 0 atom stereocenters. The molecule has 0 aromatic heterocycles. The van der Waals surface area contributed by atoms with Crippen molar-refractivity contribution in [2.24, 2.45) is 0 Å². The average Bonchev–Trinajstić information content (AvgIpc) is 2.34. The molecule has 0 bridgehead atoms. The first-order chi connectivity index (χ1) is 8.49. The van der Waals surface area contributed by atoms with Crippen molar-refractivity contribution in [1.29, 1.82) is 0 Å². The maximum atomic E-state index is 11.5. The Balaban J connectivity index is 3.20. The molecule has 0 aliphatic heterocycles. The van der Waals surface area contributed by atoms with Gasteiger partial charge in [0, 0.05) is 6.07 Å². The van der Waals surface area contributed by atoms with Crippen molar-refractivity contribution in [1.82, 2.24) is 0 Å². The Labute approximate surface area is 104 Å². The van der Waals surface area contributed by atoms with Crippen molar-refractivity contribution >= 4 is 11.8 Å². The lowest BCUT2D eigenvalue weighted by molar-refractivity contribution is -0.139. The summed E-state index contributed by atoms with van der Waals surface area (Å²) in [6, 6.07) is 2.89. The molecule has 0 unspecified atom stereocenters. The Bertz CT molecular complexity index is 466. The number of hydrogen-bond acceptors (Lipinski definition) is 5. The number of rotatable bonds is 6. The molecule has 0 heterocycles. The van der Waals surface area contributed by atoms with E-state index in [0.29, 0.717) is 11.5 Å². The van der Waals surface area contributed by atoms with E-state index >= 15 is 0 Å². The number of Topliss-reactive ketones (excluding diaryl/α,β-unsaturated/α-hetero) is 1. The van der Waals surface area contributed by atoms with Crippen LogP contribution in [-0.4, -0.2) is 37.7 Å². The van der Waals surface area contributed by atoms with Crippen LogP contribution >= 0.6 is 0 Å². The molecule has 1 aromatic carbocycles. The average molecular weight is 254 g/mol. The Morgan fingerprint density at radius 2 is 1.67 bits per heavy atom. The minimum Gasteiger partial charge on any atom is -0.493 e. The minimum absolute atomic E-state index is 0.155. The van der Waals surface area contributed by atoms with Crippen LogP contribution in [0.5, 0.6) is 17.2 Å². The van der Waals surface area contributed by atoms with Crippen molar-refractivity contribution < 1.29 is 28.9 Å². The van der Waals surface area contributed by atoms with Gasteiger partial charge < -0.3 is 19.3 Å². The third-order valence-electron chi connectivity index (χ3n) is 2.22. The number of aliphatic carboxylic acids is 1. The van der Waals surface area contributed by atoms with Gasteiger partial charge >= 0.3 is 5.97 Å². The lowest BCUT2D eigenvalue weighted by Gasteiger charge is -2.13. The highest BCUT2D eigenvalue weighted by Crippen LogP contribution is 2.34. The van der Waals surface area contributed by atoms with Gasteiger partial charge in [0.2, 0.25) is 0 Å². The van der Waals surface area contributed by atoms with Gasteiger partial charge in [-0.3, -0.25) is 4.79 Å². The maximum absolute atomic E-state index is 11.5. The van der Waals surface area contributed by atoms with Gasteiger partial charge in [0.05, 0.1) is 19.8 Å². The monoisotopic (exact) mass is 254 g/mol. The highest BCUT2D eigenvalue weighted by molar-refractivity contribution is 5.97. The molecule has 6 nitrogen and oxygen atoms in total. The molecule has 0 saturated heterocycles. The number of hydrogen-bond donors (Lipinski definition) is 1. The molecule has 0 aliphatic carbocycles. The summed E-state index contributed by atoms with van der Waals surface area (Å²) in [5.74, 6) is -0.480. The van der Waals surface area contributed by atoms with Crippen molar-refractivity contribution in [2.75, 3.05) is 20.8 Å². The summed E-state index contributed by atoms with van der Waals surface area (Å²) < 4.78 is 15.2. The second kappa shape index (κ2) is 5.90. The van der Waals surface area contributed by atoms with Crippen LogP contribution in [0.3, 0.4) is 0 Å². The van der Waals surface area contributed by atoms with Gasteiger partial charge in [0.15, 0.2) is 23.9 Å².